The fourth-order valence-electron chi connectivity index (χ4n) is 3.60. The molecule has 29 heavy (non-hydrogen) atoms. The van der Waals surface area contributed by atoms with Gasteiger partial charge in [0.1, 0.15) is 6.04 Å². The molecule has 0 radical (unpaired) electrons. The van der Waals surface area contributed by atoms with Crippen molar-refractivity contribution in [3.8, 4) is 0 Å². The fraction of sp³-hybridized carbons (Fsp3) is 0.261. The minimum Gasteiger partial charge on any atom is -0.392 e. The molecule has 0 saturated carbocycles. The van der Waals surface area contributed by atoms with E-state index < -0.39 is 6.04 Å². The highest BCUT2D eigenvalue weighted by Crippen LogP contribution is 2.37. The van der Waals surface area contributed by atoms with E-state index in [0.717, 1.165) is 22.3 Å². The second kappa shape index (κ2) is 9.16. The summed E-state index contributed by atoms with van der Waals surface area (Å²) in [4.78, 5) is 23.5. The van der Waals surface area contributed by atoms with Crippen LogP contribution in [0.15, 0.2) is 70.8 Å². The van der Waals surface area contributed by atoms with Crippen molar-refractivity contribution in [2.45, 2.75) is 31.9 Å². The number of aliphatic hydroxyl groups is 1. The van der Waals surface area contributed by atoms with Gasteiger partial charge in [0.15, 0.2) is 0 Å². The summed E-state index contributed by atoms with van der Waals surface area (Å²) in [5.74, 6) is -0.0973. The monoisotopic (exact) mass is 410 g/mol. The van der Waals surface area contributed by atoms with Crippen molar-refractivity contribution in [3.63, 3.8) is 0 Å². The van der Waals surface area contributed by atoms with Crippen LogP contribution in [0, 0.1) is 11.8 Å². The third-order valence-corrected chi connectivity index (χ3v) is 5.49. The van der Waals surface area contributed by atoms with Crippen molar-refractivity contribution < 1.29 is 5.11 Å². The summed E-state index contributed by atoms with van der Waals surface area (Å²) in [5, 5.41) is 13.4. The van der Waals surface area contributed by atoms with Gasteiger partial charge in [-0.05, 0) is 59.4 Å². The Morgan fingerprint density at radius 2 is 1.76 bits per heavy atom. The van der Waals surface area contributed by atoms with E-state index in [-0.39, 0.29) is 18.1 Å². The average molecular weight is 411 g/mol. The second-order valence-corrected chi connectivity index (χ2v) is 7.66. The molecule has 0 aliphatic carbocycles. The maximum absolute atomic E-state index is 11.7. The highest BCUT2D eigenvalue weighted by molar-refractivity contribution is 6.30. The van der Waals surface area contributed by atoms with E-state index in [9.17, 15) is 14.8 Å². The molecule has 0 bridgehead atoms. The Labute approximate surface area is 174 Å². The van der Waals surface area contributed by atoms with E-state index in [1.54, 1.807) is 19.3 Å². The van der Waals surface area contributed by atoms with Crippen LogP contribution < -0.4 is 5.56 Å². The lowest BCUT2D eigenvalue weighted by atomic mass is 9.82. The molecule has 0 aliphatic heterocycles. The van der Waals surface area contributed by atoms with Crippen molar-refractivity contribution in [3.05, 3.63) is 109 Å². The van der Waals surface area contributed by atoms with Crippen LogP contribution in [-0.2, 0) is 13.7 Å². The van der Waals surface area contributed by atoms with E-state index in [1.165, 1.54) is 10.6 Å². The number of aryl methyl sites for hydroxylation is 2. The van der Waals surface area contributed by atoms with Crippen molar-refractivity contribution in [2.75, 3.05) is 0 Å². The minimum atomic E-state index is -0.612. The summed E-state index contributed by atoms with van der Waals surface area (Å²) < 4.78 is 1.45. The standard InChI is InChI=1S/C23H23ClN2O3/c1-15-11-19(24)8-9-20(15)21(17-5-3-16(14-27)4-6-17)12-22(25-29)18-7-10-23(28)26(2)13-18/h3-11,13,21-22,27H,12,14H2,1-2H3. The molecule has 1 aromatic heterocycles. The summed E-state index contributed by atoms with van der Waals surface area (Å²) in [6.45, 7) is 1.97. The maximum atomic E-state index is 11.7. The molecule has 0 spiro atoms. The van der Waals surface area contributed by atoms with Crippen LogP contribution in [0.3, 0.4) is 0 Å². The van der Waals surface area contributed by atoms with E-state index >= 15 is 0 Å². The predicted octanol–water partition coefficient (Wildman–Crippen LogP) is 4.87. The Morgan fingerprint density at radius 1 is 1.07 bits per heavy atom. The van der Waals surface area contributed by atoms with Crippen molar-refractivity contribution in [2.24, 2.45) is 12.2 Å². The van der Waals surface area contributed by atoms with E-state index in [0.29, 0.717) is 17.0 Å². The zero-order valence-corrected chi connectivity index (χ0v) is 17.1. The normalized spacial score (nSPS) is 13.1. The fourth-order valence-corrected chi connectivity index (χ4v) is 3.83. The number of nitrogens with zero attached hydrogens (tertiary/aromatic N) is 2. The first kappa shape index (κ1) is 21.0. The first-order valence-electron chi connectivity index (χ1n) is 9.37. The largest absolute Gasteiger partial charge is 0.392 e. The zero-order valence-electron chi connectivity index (χ0n) is 16.4. The molecule has 0 aliphatic rings. The number of nitroso groups, excluding NO2 is 1. The minimum absolute atomic E-state index is 0.0263. The summed E-state index contributed by atoms with van der Waals surface area (Å²) in [6.07, 6.45) is 2.11. The molecule has 2 aromatic carbocycles. The third-order valence-electron chi connectivity index (χ3n) is 5.25. The second-order valence-electron chi connectivity index (χ2n) is 7.22. The molecule has 2 unspecified atom stereocenters. The Kier molecular flexibility index (Phi) is 6.62. The van der Waals surface area contributed by atoms with Gasteiger partial charge in [-0.25, -0.2) is 0 Å². The van der Waals surface area contributed by atoms with Crippen LogP contribution in [0.4, 0.5) is 0 Å². The van der Waals surface area contributed by atoms with Gasteiger partial charge in [-0.1, -0.05) is 47.1 Å². The van der Waals surface area contributed by atoms with Gasteiger partial charge in [-0.15, -0.1) is 0 Å². The maximum Gasteiger partial charge on any atom is 0.250 e. The summed E-state index contributed by atoms with van der Waals surface area (Å²) in [5.41, 5.74) is 4.49. The highest BCUT2D eigenvalue weighted by atomic mass is 35.5. The van der Waals surface area contributed by atoms with Gasteiger partial charge >= 0.3 is 0 Å². The average Bonchev–Trinajstić information content (AvgIpc) is 2.72. The Balaban J connectivity index is 2.04. The molecular weight excluding hydrogens is 388 g/mol. The molecule has 0 amide bonds. The van der Waals surface area contributed by atoms with Gasteiger partial charge in [-0.2, -0.15) is 4.91 Å². The molecule has 1 N–H and O–H groups in total. The van der Waals surface area contributed by atoms with Crippen LogP contribution in [0.2, 0.25) is 5.02 Å². The lowest BCUT2D eigenvalue weighted by Gasteiger charge is -2.23. The number of aliphatic hydroxyl groups excluding tert-OH is 1. The van der Waals surface area contributed by atoms with Crippen LogP contribution in [-0.4, -0.2) is 9.67 Å². The Morgan fingerprint density at radius 3 is 2.34 bits per heavy atom. The molecule has 3 aromatic rings. The topological polar surface area (TPSA) is 71.7 Å². The predicted molar refractivity (Wildman–Crippen MR) is 115 cm³/mol. The number of benzene rings is 2. The molecular formula is C23H23ClN2O3. The smallest absolute Gasteiger partial charge is 0.250 e. The van der Waals surface area contributed by atoms with Crippen molar-refractivity contribution >= 4 is 11.6 Å². The van der Waals surface area contributed by atoms with E-state index in [4.69, 9.17) is 11.6 Å². The Bertz CT molecular complexity index is 1060. The van der Waals surface area contributed by atoms with Crippen molar-refractivity contribution in [1.82, 2.24) is 4.57 Å². The van der Waals surface area contributed by atoms with Gasteiger partial charge in [0.05, 0.1) is 6.61 Å². The molecule has 3 rings (SSSR count). The number of halogens is 1. The number of hydrogen-bond donors (Lipinski definition) is 1. The molecule has 1 heterocycles. The number of hydrogen-bond acceptors (Lipinski definition) is 4. The summed E-state index contributed by atoms with van der Waals surface area (Å²) >= 11 is 6.14. The highest BCUT2D eigenvalue weighted by Gasteiger charge is 2.24. The van der Waals surface area contributed by atoms with E-state index in [1.807, 2.05) is 49.4 Å². The first-order valence-corrected chi connectivity index (χ1v) is 9.75. The SMILES string of the molecule is Cc1cc(Cl)ccc1C(CC(N=O)c1ccc(=O)n(C)c1)c1ccc(CO)cc1. The van der Waals surface area contributed by atoms with E-state index in [2.05, 4.69) is 5.18 Å². The molecule has 0 saturated heterocycles. The number of aromatic nitrogens is 1. The lowest BCUT2D eigenvalue weighted by Crippen LogP contribution is -2.16. The van der Waals surface area contributed by atoms with Gasteiger partial charge in [0, 0.05) is 30.3 Å². The third kappa shape index (κ3) is 4.81. The van der Waals surface area contributed by atoms with Crippen LogP contribution in [0.25, 0.3) is 0 Å². The molecule has 2 atom stereocenters. The molecule has 6 heteroatoms. The number of pyridine rings is 1. The van der Waals surface area contributed by atoms with Gasteiger partial charge < -0.3 is 9.67 Å². The molecule has 150 valence electrons. The zero-order chi connectivity index (χ0) is 21.0. The van der Waals surface area contributed by atoms with Gasteiger partial charge in [0.25, 0.3) is 0 Å². The van der Waals surface area contributed by atoms with Crippen LogP contribution in [0.1, 0.15) is 46.2 Å². The quantitative estimate of drug-likeness (QED) is 0.565. The number of rotatable bonds is 7. The Hall–Kier alpha value is -2.76. The van der Waals surface area contributed by atoms with Crippen LogP contribution in [0.5, 0.6) is 0 Å². The van der Waals surface area contributed by atoms with Gasteiger partial charge in [-0.3, -0.25) is 4.79 Å². The molecule has 5 nitrogen and oxygen atoms in total. The van der Waals surface area contributed by atoms with Gasteiger partial charge in [0.2, 0.25) is 5.56 Å². The lowest BCUT2D eigenvalue weighted by molar-refractivity contribution is 0.282. The van der Waals surface area contributed by atoms with Crippen molar-refractivity contribution in [1.29, 1.82) is 0 Å². The van der Waals surface area contributed by atoms with Crippen LogP contribution >= 0.6 is 11.6 Å². The summed E-state index contributed by atoms with van der Waals surface area (Å²) in [6, 6.07) is 15.9. The first-order chi connectivity index (χ1) is 13.9. The summed E-state index contributed by atoms with van der Waals surface area (Å²) in [7, 11) is 1.65. The molecule has 0 fully saturated rings.